The van der Waals surface area contributed by atoms with Crippen molar-refractivity contribution in [3.05, 3.63) is 17.5 Å². The third kappa shape index (κ3) is 4.78. The van der Waals surface area contributed by atoms with Gasteiger partial charge in [-0.25, -0.2) is 0 Å². The summed E-state index contributed by atoms with van der Waals surface area (Å²) in [5.74, 6) is 0. The van der Waals surface area contributed by atoms with E-state index in [0.717, 1.165) is 31.7 Å². The Balaban J connectivity index is 2.68. The van der Waals surface area contributed by atoms with Crippen molar-refractivity contribution in [1.29, 1.82) is 0 Å². The molecule has 4 heteroatoms. The molecule has 0 saturated heterocycles. The van der Waals surface area contributed by atoms with Crippen molar-refractivity contribution in [3.8, 4) is 0 Å². The number of hydrogen-bond acceptors (Lipinski definition) is 3. The molecule has 1 atom stereocenters. The number of aryl methyl sites for hydroxylation is 2. The number of likely N-dealkylation sites (N-methyl/N-ethyl adjacent to an activating group) is 1. The molecule has 1 aromatic rings. The molecule has 4 nitrogen and oxygen atoms in total. The minimum atomic E-state index is 0.501. The number of nitrogens with zero attached hydrogens (tertiary/aromatic N) is 3. The molecule has 1 rings (SSSR count). The van der Waals surface area contributed by atoms with Crippen molar-refractivity contribution >= 4 is 0 Å². The lowest BCUT2D eigenvalue weighted by molar-refractivity contribution is 0.332. The average molecular weight is 252 g/mol. The zero-order valence-electron chi connectivity index (χ0n) is 12.5. The maximum absolute atomic E-state index is 4.52. The zero-order valence-corrected chi connectivity index (χ0v) is 12.5. The largest absolute Gasteiger partial charge is 0.312 e. The summed E-state index contributed by atoms with van der Waals surface area (Å²) in [5.41, 5.74) is 2.45. The van der Waals surface area contributed by atoms with Crippen molar-refractivity contribution in [2.75, 3.05) is 27.2 Å². The van der Waals surface area contributed by atoms with Crippen LogP contribution >= 0.6 is 0 Å². The van der Waals surface area contributed by atoms with Gasteiger partial charge in [0.2, 0.25) is 0 Å². The summed E-state index contributed by atoms with van der Waals surface area (Å²) < 4.78 is 2.12. The summed E-state index contributed by atoms with van der Waals surface area (Å²) in [7, 11) is 4.26. The van der Waals surface area contributed by atoms with E-state index in [-0.39, 0.29) is 0 Å². The fraction of sp³-hybridized carbons (Fsp3) is 0.786. The molecule has 1 unspecified atom stereocenters. The lowest BCUT2D eigenvalue weighted by atomic mass is 10.1. The van der Waals surface area contributed by atoms with Crippen LogP contribution in [0.1, 0.15) is 31.7 Å². The van der Waals surface area contributed by atoms with Crippen LogP contribution in [0.25, 0.3) is 0 Å². The van der Waals surface area contributed by atoms with Gasteiger partial charge < -0.3 is 10.2 Å². The van der Waals surface area contributed by atoms with E-state index in [1.165, 1.54) is 12.1 Å². The van der Waals surface area contributed by atoms with Gasteiger partial charge in [-0.3, -0.25) is 4.68 Å². The first-order chi connectivity index (χ1) is 8.56. The van der Waals surface area contributed by atoms with Crippen LogP contribution in [0.2, 0.25) is 0 Å². The predicted octanol–water partition coefficient (Wildman–Crippen LogP) is 1.68. The second-order valence-corrected chi connectivity index (χ2v) is 5.21. The number of nitrogens with one attached hydrogen (secondary N) is 1. The fourth-order valence-corrected chi connectivity index (χ4v) is 2.28. The van der Waals surface area contributed by atoms with Crippen LogP contribution in [0.5, 0.6) is 0 Å². The number of rotatable bonds is 8. The van der Waals surface area contributed by atoms with Crippen LogP contribution in [0.15, 0.2) is 6.07 Å². The standard InChI is InChI=1S/C14H28N4/c1-6-8-15-13(11-17(4)5)10-14-9-12(3)16-18(14)7-2/h9,13,15H,6-8,10-11H2,1-5H3. The molecule has 104 valence electrons. The Morgan fingerprint density at radius 3 is 2.67 bits per heavy atom. The molecule has 0 aliphatic rings. The maximum atomic E-state index is 4.52. The summed E-state index contributed by atoms with van der Waals surface area (Å²) in [6.45, 7) is 9.52. The van der Waals surface area contributed by atoms with Gasteiger partial charge in [-0.1, -0.05) is 6.92 Å². The first-order valence-electron chi connectivity index (χ1n) is 6.98. The Morgan fingerprint density at radius 2 is 2.11 bits per heavy atom. The van der Waals surface area contributed by atoms with Gasteiger partial charge in [-0.05, 0) is 47.0 Å². The van der Waals surface area contributed by atoms with Gasteiger partial charge in [0.25, 0.3) is 0 Å². The summed E-state index contributed by atoms with van der Waals surface area (Å²) in [4.78, 5) is 2.24. The molecule has 0 amide bonds. The average Bonchev–Trinajstić information content (AvgIpc) is 2.65. The normalized spacial score (nSPS) is 13.2. The van der Waals surface area contributed by atoms with E-state index >= 15 is 0 Å². The topological polar surface area (TPSA) is 33.1 Å². The van der Waals surface area contributed by atoms with Crippen LogP contribution in [0.3, 0.4) is 0 Å². The Hall–Kier alpha value is -0.870. The molecule has 0 radical (unpaired) electrons. The number of aromatic nitrogens is 2. The van der Waals surface area contributed by atoms with Crippen LogP contribution in [-0.4, -0.2) is 47.9 Å². The quantitative estimate of drug-likeness (QED) is 0.764. The number of hydrogen-bond donors (Lipinski definition) is 1. The summed E-state index contributed by atoms with van der Waals surface area (Å²) >= 11 is 0. The van der Waals surface area contributed by atoms with Crippen molar-refractivity contribution in [1.82, 2.24) is 20.0 Å². The van der Waals surface area contributed by atoms with Gasteiger partial charge in [0.1, 0.15) is 0 Å². The second kappa shape index (κ2) is 7.54. The van der Waals surface area contributed by atoms with E-state index in [9.17, 15) is 0 Å². The lowest BCUT2D eigenvalue weighted by Gasteiger charge is -2.22. The van der Waals surface area contributed by atoms with Gasteiger partial charge in [0.15, 0.2) is 0 Å². The Labute approximate surface area is 111 Å². The van der Waals surface area contributed by atoms with E-state index in [1.807, 2.05) is 0 Å². The molecule has 0 aliphatic heterocycles. The fourth-order valence-electron chi connectivity index (χ4n) is 2.28. The first kappa shape index (κ1) is 15.2. The molecule has 0 aliphatic carbocycles. The summed E-state index contributed by atoms with van der Waals surface area (Å²) in [5, 5.41) is 8.14. The van der Waals surface area contributed by atoms with Crippen molar-refractivity contribution in [2.24, 2.45) is 0 Å². The van der Waals surface area contributed by atoms with Gasteiger partial charge in [-0.15, -0.1) is 0 Å². The van der Waals surface area contributed by atoms with Gasteiger partial charge in [0, 0.05) is 31.2 Å². The summed E-state index contributed by atoms with van der Waals surface area (Å²) in [6, 6.07) is 2.71. The molecule has 1 N–H and O–H groups in total. The third-order valence-electron chi connectivity index (χ3n) is 3.01. The molecule has 0 saturated carbocycles. The molecule has 0 spiro atoms. The lowest BCUT2D eigenvalue weighted by Crippen LogP contribution is -2.40. The SMILES string of the molecule is CCCNC(Cc1cc(C)nn1CC)CN(C)C. The monoisotopic (exact) mass is 252 g/mol. The first-order valence-corrected chi connectivity index (χ1v) is 6.98. The highest BCUT2D eigenvalue weighted by atomic mass is 15.3. The van der Waals surface area contributed by atoms with Crippen molar-refractivity contribution < 1.29 is 0 Å². The zero-order chi connectivity index (χ0) is 13.5. The summed E-state index contributed by atoms with van der Waals surface area (Å²) in [6.07, 6.45) is 2.23. The smallest absolute Gasteiger partial charge is 0.0596 e. The van der Waals surface area contributed by atoms with E-state index in [1.54, 1.807) is 0 Å². The van der Waals surface area contributed by atoms with E-state index in [2.05, 4.69) is 60.9 Å². The van der Waals surface area contributed by atoms with Crippen molar-refractivity contribution in [3.63, 3.8) is 0 Å². The molecule has 18 heavy (non-hydrogen) atoms. The van der Waals surface area contributed by atoms with Gasteiger partial charge >= 0.3 is 0 Å². The Morgan fingerprint density at radius 1 is 1.39 bits per heavy atom. The van der Waals surface area contributed by atoms with Gasteiger partial charge in [0.05, 0.1) is 5.69 Å². The molecule has 1 aromatic heterocycles. The second-order valence-electron chi connectivity index (χ2n) is 5.21. The van der Waals surface area contributed by atoms with Crippen LogP contribution in [0.4, 0.5) is 0 Å². The molecular formula is C14H28N4. The van der Waals surface area contributed by atoms with Crippen molar-refractivity contribution in [2.45, 2.75) is 46.2 Å². The maximum Gasteiger partial charge on any atom is 0.0596 e. The van der Waals surface area contributed by atoms with Crippen LogP contribution in [0, 0.1) is 6.92 Å². The molecule has 0 bridgehead atoms. The molecule has 0 fully saturated rings. The van der Waals surface area contributed by atoms with E-state index in [0.29, 0.717) is 6.04 Å². The molecule has 0 aromatic carbocycles. The molecular weight excluding hydrogens is 224 g/mol. The van der Waals surface area contributed by atoms with Crippen LogP contribution < -0.4 is 5.32 Å². The minimum Gasteiger partial charge on any atom is -0.312 e. The highest BCUT2D eigenvalue weighted by Crippen LogP contribution is 2.07. The Bertz CT molecular complexity index is 344. The Kier molecular flexibility index (Phi) is 6.36. The van der Waals surface area contributed by atoms with Gasteiger partial charge in [-0.2, -0.15) is 5.10 Å². The highest BCUT2D eigenvalue weighted by Gasteiger charge is 2.13. The third-order valence-corrected chi connectivity index (χ3v) is 3.01. The van der Waals surface area contributed by atoms with E-state index in [4.69, 9.17) is 0 Å². The highest BCUT2D eigenvalue weighted by molar-refractivity contribution is 5.10. The molecule has 1 heterocycles. The van der Waals surface area contributed by atoms with Crippen LogP contribution in [-0.2, 0) is 13.0 Å². The minimum absolute atomic E-state index is 0.501. The predicted molar refractivity (Wildman–Crippen MR) is 77.0 cm³/mol. The van der Waals surface area contributed by atoms with E-state index < -0.39 is 0 Å².